The third-order valence-corrected chi connectivity index (χ3v) is 4.62. The maximum Gasteiger partial charge on any atom is 0.0236 e. The van der Waals surface area contributed by atoms with Gasteiger partial charge in [-0.3, -0.25) is 4.90 Å². The number of thiol groups is 1. The zero-order valence-electron chi connectivity index (χ0n) is 11.7. The van der Waals surface area contributed by atoms with E-state index in [4.69, 9.17) is 0 Å². The molecule has 1 aliphatic heterocycles. The van der Waals surface area contributed by atoms with Gasteiger partial charge in [0.25, 0.3) is 0 Å². The first kappa shape index (κ1) is 13.7. The quantitative estimate of drug-likeness (QED) is 0.836. The van der Waals surface area contributed by atoms with E-state index in [1.54, 1.807) is 0 Å². The number of fused-ring (bicyclic) bond motifs is 1. The molecule has 0 bridgehead atoms. The van der Waals surface area contributed by atoms with Crippen LogP contribution in [-0.4, -0.2) is 23.7 Å². The highest BCUT2D eigenvalue weighted by Crippen LogP contribution is 2.23. The van der Waals surface area contributed by atoms with Crippen LogP contribution in [0.4, 0.5) is 0 Å². The Labute approximate surface area is 127 Å². The van der Waals surface area contributed by atoms with Gasteiger partial charge in [-0.1, -0.05) is 54.6 Å². The second-order valence-electron chi connectivity index (χ2n) is 5.54. The molecule has 2 aromatic carbocycles. The highest BCUT2D eigenvalue weighted by Gasteiger charge is 2.19. The second-order valence-corrected chi connectivity index (χ2v) is 5.91. The van der Waals surface area contributed by atoms with Gasteiger partial charge < -0.3 is 0 Å². The largest absolute Gasteiger partial charge is 0.298 e. The number of rotatable bonds is 4. The van der Waals surface area contributed by atoms with Crippen molar-refractivity contribution < 1.29 is 0 Å². The normalized spacial score (nSPS) is 16.6. The van der Waals surface area contributed by atoms with Crippen molar-refractivity contribution in [2.24, 2.45) is 0 Å². The first-order chi connectivity index (χ1) is 9.86. The van der Waals surface area contributed by atoms with Crippen LogP contribution < -0.4 is 0 Å². The fourth-order valence-corrected chi connectivity index (χ4v) is 3.34. The van der Waals surface area contributed by atoms with Crippen LogP contribution in [0.3, 0.4) is 0 Å². The molecule has 3 rings (SSSR count). The zero-order valence-corrected chi connectivity index (χ0v) is 12.6. The minimum absolute atomic E-state index is 0.518. The number of hydrogen-bond acceptors (Lipinski definition) is 2. The molecule has 1 unspecified atom stereocenters. The van der Waals surface area contributed by atoms with Crippen LogP contribution in [-0.2, 0) is 13.0 Å². The van der Waals surface area contributed by atoms with Gasteiger partial charge in [-0.15, -0.1) is 0 Å². The number of benzene rings is 2. The second kappa shape index (κ2) is 6.47. The van der Waals surface area contributed by atoms with Gasteiger partial charge in [-0.2, -0.15) is 12.6 Å². The van der Waals surface area contributed by atoms with Crippen molar-refractivity contribution in [2.45, 2.75) is 18.9 Å². The summed E-state index contributed by atoms with van der Waals surface area (Å²) >= 11 is 4.56. The standard InChI is InChI=1S/C18H21NS/c20-14-18(15-6-2-1-3-7-15)13-19-11-10-16-8-4-5-9-17(16)12-19/h1-9,18,20H,10-14H2. The van der Waals surface area contributed by atoms with E-state index in [0.717, 1.165) is 25.4 Å². The Kier molecular flexibility index (Phi) is 4.44. The predicted octanol–water partition coefficient (Wildman–Crippen LogP) is 3.76. The van der Waals surface area contributed by atoms with E-state index < -0.39 is 0 Å². The fraction of sp³-hybridized carbons (Fsp3) is 0.333. The lowest BCUT2D eigenvalue weighted by atomic mass is 9.96. The molecule has 0 saturated carbocycles. The summed E-state index contributed by atoms with van der Waals surface area (Å²) < 4.78 is 0. The molecule has 1 atom stereocenters. The van der Waals surface area contributed by atoms with Gasteiger partial charge in [0.15, 0.2) is 0 Å². The Balaban J connectivity index is 1.69. The predicted molar refractivity (Wildman–Crippen MR) is 88.5 cm³/mol. The maximum absolute atomic E-state index is 4.56. The van der Waals surface area contributed by atoms with E-state index in [2.05, 4.69) is 72.1 Å². The van der Waals surface area contributed by atoms with Crippen molar-refractivity contribution in [3.63, 3.8) is 0 Å². The molecule has 0 spiro atoms. The lowest BCUT2D eigenvalue weighted by Gasteiger charge is -2.31. The van der Waals surface area contributed by atoms with Crippen molar-refractivity contribution in [1.29, 1.82) is 0 Å². The highest BCUT2D eigenvalue weighted by atomic mass is 32.1. The van der Waals surface area contributed by atoms with Crippen LogP contribution in [0.1, 0.15) is 22.6 Å². The van der Waals surface area contributed by atoms with Crippen molar-refractivity contribution in [3.8, 4) is 0 Å². The summed E-state index contributed by atoms with van der Waals surface area (Å²) in [6, 6.07) is 19.6. The molecule has 0 fully saturated rings. The van der Waals surface area contributed by atoms with E-state index in [0.29, 0.717) is 5.92 Å². The fourth-order valence-electron chi connectivity index (χ4n) is 3.02. The topological polar surface area (TPSA) is 3.24 Å². The molecular formula is C18H21NS. The van der Waals surface area contributed by atoms with E-state index in [1.807, 2.05) is 0 Å². The van der Waals surface area contributed by atoms with E-state index >= 15 is 0 Å². The van der Waals surface area contributed by atoms with Crippen LogP contribution >= 0.6 is 12.6 Å². The van der Waals surface area contributed by atoms with E-state index in [9.17, 15) is 0 Å². The highest BCUT2D eigenvalue weighted by molar-refractivity contribution is 7.80. The van der Waals surface area contributed by atoms with Gasteiger partial charge in [0.2, 0.25) is 0 Å². The van der Waals surface area contributed by atoms with Gasteiger partial charge in [0, 0.05) is 25.6 Å². The van der Waals surface area contributed by atoms with Crippen molar-refractivity contribution >= 4 is 12.6 Å². The summed E-state index contributed by atoms with van der Waals surface area (Å²) in [4.78, 5) is 2.57. The molecule has 2 heteroatoms. The zero-order chi connectivity index (χ0) is 13.8. The summed E-state index contributed by atoms with van der Waals surface area (Å²) in [5.41, 5.74) is 4.41. The molecule has 2 aromatic rings. The minimum Gasteiger partial charge on any atom is -0.298 e. The lowest BCUT2D eigenvalue weighted by molar-refractivity contribution is 0.243. The number of hydrogen-bond donors (Lipinski definition) is 1. The molecule has 0 aliphatic carbocycles. The van der Waals surface area contributed by atoms with Gasteiger partial charge in [-0.05, 0) is 28.9 Å². The maximum atomic E-state index is 4.56. The van der Waals surface area contributed by atoms with Gasteiger partial charge in [0.1, 0.15) is 0 Å². The van der Waals surface area contributed by atoms with Crippen LogP contribution in [0.2, 0.25) is 0 Å². The molecule has 1 aliphatic rings. The van der Waals surface area contributed by atoms with Crippen LogP contribution in [0.5, 0.6) is 0 Å². The van der Waals surface area contributed by atoms with E-state index in [-0.39, 0.29) is 0 Å². The smallest absolute Gasteiger partial charge is 0.0236 e. The molecule has 0 radical (unpaired) electrons. The monoisotopic (exact) mass is 283 g/mol. The Bertz CT molecular complexity index is 552. The van der Waals surface area contributed by atoms with Crippen molar-refractivity contribution in [3.05, 3.63) is 71.3 Å². The summed E-state index contributed by atoms with van der Waals surface area (Å²) in [5, 5.41) is 0. The van der Waals surface area contributed by atoms with E-state index in [1.165, 1.54) is 23.1 Å². The molecule has 1 nitrogen and oxygen atoms in total. The molecule has 0 N–H and O–H groups in total. The molecule has 104 valence electrons. The first-order valence-corrected chi connectivity index (χ1v) is 7.95. The average Bonchev–Trinajstić information content (AvgIpc) is 2.53. The molecule has 20 heavy (non-hydrogen) atoms. The van der Waals surface area contributed by atoms with Gasteiger partial charge in [-0.25, -0.2) is 0 Å². The SMILES string of the molecule is SCC(CN1CCc2ccccc2C1)c1ccccc1. The lowest BCUT2D eigenvalue weighted by Crippen LogP contribution is -2.34. The Morgan fingerprint density at radius 1 is 0.950 bits per heavy atom. The summed E-state index contributed by atoms with van der Waals surface area (Å²) in [5.74, 6) is 1.42. The minimum atomic E-state index is 0.518. The van der Waals surface area contributed by atoms with Crippen LogP contribution in [0, 0.1) is 0 Å². The molecule has 0 saturated heterocycles. The molecule has 1 heterocycles. The summed E-state index contributed by atoms with van der Waals surface area (Å²) in [6.45, 7) is 3.34. The van der Waals surface area contributed by atoms with Crippen LogP contribution in [0.15, 0.2) is 54.6 Å². The average molecular weight is 283 g/mol. The van der Waals surface area contributed by atoms with Crippen LogP contribution in [0.25, 0.3) is 0 Å². The van der Waals surface area contributed by atoms with Crippen molar-refractivity contribution in [2.75, 3.05) is 18.8 Å². The van der Waals surface area contributed by atoms with Gasteiger partial charge >= 0.3 is 0 Å². The Morgan fingerprint density at radius 3 is 2.40 bits per heavy atom. The third kappa shape index (κ3) is 3.08. The van der Waals surface area contributed by atoms with Crippen molar-refractivity contribution in [1.82, 2.24) is 4.90 Å². The van der Waals surface area contributed by atoms with Gasteiger partial charge in [0.05, 0.1) is 0 Å². The third-order valence-electron chi connectivity index (χ3n) is 4.18. The molecule has 0 aromatic heterocycles. The number of nitrogens with zero attached hydrogens (tertiary/aromatic N) is 1. The molecule has 0 amide bonds. The Morgan fingerprint density at radius 2 is 1.65 bits per heavy atom. The first-order valence-electron chi connectivity index (χ1n) is 7.32. The molecular weight excluding hydrogens is 262 g/mol. The summed E-state index contributed by atoms with van der Waals surface area (Å²) in [6.07, 6.45) is 1.17. The Hall–Kier alpha value is -1.25. The summed E-state index contributed by atoms with van der Waals surface area (Å²) in [7, 11) is 0.